The highest BCUT2D eigenvalue weighted by Gasteiger charge is 2.17. The van der Waals surface area contributed by atoms with Crippen LogP contribution in [0.15, 0.2) is 212 Å². The lowest BCUT2D eigenvalue weighted by atomic mass is 9.93. The van der Waals surface area contributed by atoms with Crippen LogP contribution in [0, 0.1) is 0 Å². The van der Waals surface area contributed by atoms with Crippen LogP contribution in [-0.2, 0) is 0 Å². The number of anilines is 3. The number of hydrogen-bond donors (Lipinski definition) is 0. The molecule has 0 aromatic heterocycles. The van der Waals surface area contributed by atoms with Gasteiger partial charge in [-0.15, -0.1) is 0 Å². The molecule has 0 aliphatic rings. The maximum atomic E-state index is 2.38. The Morgan fingerprint density at radius 2 is 0.717 bits per heavy atom. The van der Waals surface area contributed by atoms with Gasteiger partial charge in [0.05, 0.1) is 0 Å². The molecule has 10 rings (SSSR count). The minimum absolute atomic E-state index is 1.11. The zero-order valence-electron chi connectivity index (χ0n) is 29.2. The molecule has 0 saturated carbocycles. The second kappa shape index (κ2) is 13.0. The molecule has 1 heteroatoms. The first-order valence-electron chi connectivity index (χ1n) is 18.2. The summed E-state index contributed by atoms with van der Waals surface area (Å²) in [4.78, 5) is 2.38. The van der Waals surface area contributed by atoms with Gasteiger partial charge in [-0.3, -0.25) is 0 Å². The summed E-state index contributed by atoms with van der Waals surface area (Å²) < 4.78 is 0. The van der Waals surface area contributed by atoms with Crippen LogP contribution < -0.4 is 4.90 Å². The van der Waals surface area contributed by atoms with E-state index in [4.69, 9.17) is 0 Å². The molecule has 0 unspecified atom stereocenters. The SMILES string of the molecule is c1ccc(-c2cc(-c3ccc4c(ccc5ccc6ccccc6c54)c3)cc(N(c3ccccc3)c3ccc(-c4ccc5ccccc5c4)cc3)c2)cc1. The van der Waals surface area contributed by atoms with Gasteiger partial charge in [0, 0.05) is 17.1 Å². The van der Waals surface area contributed by atoms with E-state index in [0.29, 0.717) is 0 Å². The number of fused-ring (bicyclic) bond motifs is 6. The van der Waals surface area contributed by atoms with E-state index in [2.05, 4.69) is 217 Å². The zero-order chi connectivity index (χ0) is 35.1. The van der Waals surface area contributed by atoms with Crippen LogP contribution in [0.3, 0.4) is 0 Å². The number of benzene rings is 10. The van der Waals surface area contributed by atoms with E-state index in [9.17, 15) is 0 Å². The summed E-state index contributed by atoms with van der Waals surface area (Å²) in [7, 11) is 0. The van der Waals surface area contributed by atoms with Crippen LogP contribution >= 0.6 is 0 Å². The topological polar surface area (TPSA) is 3.24 Å². The average Bonchev–Trinajstić information content (AvgIpc) is 3.24. The van der Waals surface area contributed by atoms with E-state index >= 15 is 0 Å². The molecule has 0 aliphatic heterocycles. The molecule has 0 fully saturated rings. The first kappa shape index (κ1) is 30.8. The largest absolute Gasteiger partial charge is 0.310 e. The Labute approximate surface area is 309 Å². The average molecular weight is 674 g/mol. The van der Waals surface area contributed by atoms with Crippen molar-refractivity contribution in [1.29, 1.82) is 0 Å². The van der Waals surface area contributed by atoms with Gasteiger partial charge in [0.2, 0.25) is 0 Å². The van der Waals surface area contributed by atoms with Crippen LogP contribution in [0.1, 0.15) is 0 Å². The molecule has 10 aromatic rings. The molecule has 0 N–H and O–H groups in total. The van der Waals surface area contributed by atoms with Crippen molar-refractivity contribution in [2.75, 3.05) is 4.90 Å². The van der Waals surface area contributed by atoms with Gasteiger partial charge in [-0.2, -0.15) is 0 Å². The normalized spacial score (nSPS) is 11.4. The van der Waals surface area contributed by atoms with Crippen molar-refractivity contribution >= 4 is 60.2 Å². The molecule has 53 heavy (non-hydrogen) atoms. The standard InChI is InChI=1S/C52H35N/c1-3-11-36(12-4-1)45-33-46(43-27-30-51-44(32-43)24-22-40-21-20-39-14-9-10-18-50(39)52(40)51)35-49(34-45)53(47-16-5-2-6-17-47)48-28-25-38(26-29-48)42-23-19-37-13-7-8-15-41(37)31-42/h1-35H. The van der Waals surface area contributed by atoms with E-state index in [1.165, 1.54) is 76.5 Å². The predicted molar refractivity (Wildman–Crippen MR) is 227 cm³/mol. The third kappa shape index (κ3) is 5.69. The highest BCUT2D eigenvalue weighted by atomic mass is 15.1. The van der Waals surface area contributed by atoms with Crippen molar-refractivity contribution < 1.29 is 0 Å². The summed E-state index contributed by atoms with van der Waals surface area (Å²) in [6.07, 6.45) is 0. The van der Waals surface area contributed by atoms with Gasteiger partial charge in [-0.1, -0.05) is 158 Å². The monoisotopic (exact) mass is 673 g/mol. The molecule has 0 heterocycles. The first-order valence-corrected chi connectivity index (χ1v) is 18.2. The maximum Gasteiger partial charge on any atom is 0.0473 e. The van der Waals surface area contributed by atoms with E-state index in [0.717, 1.165) is 17.1 Å². The van der Waals surface area contributed by atoms with Crippen molar-refractivity contribution in [3.63, 3.8) is 0 Å². The van der Waals surface area contributed by atoms with Gasteiger partial charge in [0.25, 0.3) is 0 Å². The second-order valence-corrected chi connectivity index (χ2v) is 13.8. The van der Waals surface area contributed by atoms with Gasteiger partial charge in [-0.05, 0) is 131 Å². The third-order valence-corrected chi connectivity index (χ3v) is 10.6. The molecule has 0 amide bonds. The quantitative estimate of drug-likeness (QED) is 0.159. The molecule has 0 atom stereocenters. The Balaban J connectivity index is 1.13. The maximum absolute atomic E-state index is 2.38. The highest BCUT2D eigenvalue weighted by Crippen LogP contribution is 2.41. The number of para-hydroxylation sites is 1. The van der Waals surface area contributed by atoms with E-state index in [1.54, 1.807) is 0 Å². The fourth-order valence-corrected chi connectivity index (χ4v) is 7.92. The van der Waals surface area contributed by atoms with Crippen LogP contribution in [0.2, 0.25) is 0 Å². The van der Waals surface area contributed by atoms with Crippen LogP contribution in [-0.4, -0.2) is 0 Å². The van der Waals surface area contributed by atoms with E-state index in [-0.39, 0.29) is 0 Å². The molecule has 0 saturated heterocycles. The number of hydrogen-bond acceptors (Lipinski definition) is 1. The van der Waals surface area contributed by atoms with Crippen molar-refractivity contribution in [3.05, 3.63) is 212 Å². The summed E-state index contributed by atoms with van der Waals surface area (Å²) in [5, 5.41) is 10.2. The van der Waals surface area contributed by atoms with E-state index in [1.807, 2.05) is 0 Å². The minimum atomic E-state index is 1.11. The Morgan fingerprint density at radius 3 is 1.51 bits per heavy atom. The molecule has 248 valence electrons. The smallest absolute Gasteiger partial charge is 0.0473 e. The molecule has 1 nitrogen and oxygen atoms in total. The van der Waals surface area contributed by atoms with Gasteiger partial charge in [0.15, 0.2) is 0 Å². The van der Waals surface area contributed by atoms with Crippen LogP contribution in [0.25, 0.3) is 76.5 Å². The molecule has 0 aliphatic carbocycles. The minimum Gasteiger partial charge on any atom is -0.310 e. The lowest BCUT2D eigenvalue weighted by Crippen LogP contribution is -2.10. The fourth-order valence-electron chi connectivity index (χ4n) is 7.92. The second-order valence-electron chi connectivity index (χ2n) is 13.8. The molecular weight excluding hydrogens is 639 g/mol. The van der Waals surface area contributed by atoms with E-state index < -0.39 is 0 Å². The van der Waals surface area contributed by atoms with Gasteiger partial charge < -0.3 is 4.90 Å². The lowest BCUT2D eigenvalue weighted by molar-refractivity contribution is 1.28. The summed E-state index contributed by atoms with van der Waals surface area (Å²) >= 11 is 0. The van der Waals surface area contributed by atoms with Crippen LogP contribution in [0.5, 0.6) is 0 Å². The number of nitrogens with zero attached hydrogens (tertiary/aromatic N) is 1. The summed E-state index contributed by atoms with van der Waals surface area (Å²) in [6, 6.07) is 77.3. The molecular formula is C52H35N. The summed E-state index contributed by atoms with van der Waals surface area (Å²) in [5.74, 6) is 0. The van der Waals surface area contributed by atoms with Gasteiger partial charge in [0.1, 0.15) is 0 Å². The highest BCUT2D eigenvalue weighted by molar-refractivity contribution is 6.20. The Kier molecular flexibility index (Phi) is 7.55. The Hall–Kier alpha value is -6.96. The third-order valence-electron chi connectivity index (χ3n) is 10.6. The zero-order valence-corrected chi connectivity index (χ0v) is 29.2. The molecule has 0 radical (unpaired) electrons. The Morgan fingerprint density at radius 1 is 0.226 bits per heavy atom. The number of rotatable bonds is 6. The molecule has 10 aromatic carbocycles. The Bertz CT molecular complexity index is 2930. The fraction of sp³-hybridized carbons (Fsp3) is 0. The van der Waals surface area contributed by atoms with Crippen molar-refractivity contribution in [3.8, 4) is 33.4 Å². The summed E-state index contributed by atoms with van der Waals surface area (Å²) in [6.45, 7) is 0. The van der Waals surface area contributed by atoms with Gasteiger partial charge >= 0.3 is 0 Å². The van der Waals surface area contributed by atoms with Crippen molar-refractivity contribution in [2.24, 2.45) is 0 Å². The summed E-state index contributed by atoms with van der Waals surface area (Å²) in [5.41, 5.74) is 10.5. The van der Waals surface area contributed by atoms with Crippen molar-refractivity contribution in [1.82, 2.24) is 0 Å². The van der Waals surface area contributed by atoms with Crippen molar-refractivity contribution in [2.45, 2.75) is 0 Å². The van der Waals surface area contributed by atoms with Crippen LogP contribution in [0.4, 0.5) is 17.1 Å². The predicted octanol–water partition coefficient (Wildman–Crippen LogP) is 14.8. The molecule has 0 bridgehead atoms. The first-order chi connectivity index (χ1) is 26.2. The van der Waals surface area contributed by atoms with Gasteiger partial charge in [-0.25, -0.2) is 0 Å². The molecule has 0 spiro atoms. The lowest BCUT2D eigenvalue weighted by Gasteiger charge is -2.27.